The van der Waals surface area contributed by atoms with Gasteiger partial charge in [-0.1, -0.05) is 20.3 Å². The summed E-state index contributed by atoms with van der Waals surface area (Å²) in [6.07, 6.45) is 5.76. The zero-order valence-corrected chi connectivity index (χ0v) is 10.9. The molecular weight excluding hydrogens is 200 g/mol. The van der Waals surface area contributed by atoms with Gasteiger partial charge in [-0.15, -0.1) is 0 Å². The fourth-order valence-electron chi connectivity index (χ4n) is 3.45. The van der Waals surface area contributed by atoms with Gasteiger partial charge in [-0.3, -0.25) is 0 Å². The van der Waals surface area contributed by atoms with Crippen LogP contribution in [0.2, 0.25) is 0 Å². The molecule has 2 rings (SSSR count). The molecule has 0 aromatic rings. The van der Waals surface area contributed by atoms with Crippen molar-refractivity contribution in [1.82, 2.24) is 0 Å². The van der Waals surface area contributed by atoms with Crippen molar-refractivity contribution in [2.24, 2.45) is 17.8 Å². The van der Waals surface area contributed by atoms with Crippen molar-refractivity contribution in [3.8, 4) is 0 Å². The molecule has 0 bridgehead atoms. The van der Waals surface area contributed by atoms with Crippen molar-refractivity contribution in [1.29, 1.82) is 0 Å². The standard InChI is InChI=1S/C14H26O2/c1-4-16-13-8-14(15,9-13)12-6-5-10(2)11(3)7-12/h10-13,15H,4-9H2,1-3H3. The minimum Gasteiger partial charge on any atom is -0.389 e. The summed E-state index contributed by atoms with van der Waals surface area (Å²) in [5.41, 5.74) is -0.395. The second-order valence-corrected chi connectivity index (χ2v) is 6.05. The molecule has 2 saturated carbocycles. The van der Waals surface area contributed by atoms with Crippen LogP contribution >= 0.6 is 0 Å². The van der Waals surface area contributed by atoms with Gasteiger partial charge in [-0.2, -0.15) is 0 Å². The van der Waals surface area contributed by atoms with E-state index in [0.29, 0.717) is 12.0 Å². The molecule has 2 aliphatic rings. The monoisotopic (exact) mass is 226 g/mol. The van der Waals surface area contributed by atoms with Gasteiger partial charge in [0, 0.05) is 19.4 Å². The van der Waals surface area contributed by atoms with E-state index in [1.165, 1.54) is 19.3 Å². The van der Waals surface area contributed by atoms with Crippen molar-refractivity contribution in [3.63, 3.8) is 0 Å². The maximum Gasteiger partial charge on any atom is 0.0725 e. The topological polar surface area (TPSA) is 29.5 Å². The number of hydrogen-bond acceptors (Lipinski definition) is 2. The van der Waals surface area contributed by atoms with Crippen LogP contribution < -0.4 is 0 Å². The van der Waals surface area contributed by atoms with Gasteiger partial charge in [0.05, 0.1) is 11.7 Å². The third-order valence-corrected chi connectivity index (χ3v) is 4.92. The van der Waals surface area contributed by atoms with Gasteiger partial charge in [0.2, 0.25) is 0 Å². The van der Waals surface area contributed by atoms with Crippen molar-refractivity contribution in [2.45, 2.75) is 64.6 Å². The first-order valence-electron chi connectivity index (χ1n) is 6.89. The number of ether oxygens (including phenoxy) is 1. The largest absolute Gasteiger partial charge is 0.389 e. The van der Waals surface area contributed by atoms with E-state index in [-0.39, 0.29) is 0 Å². The normalized spacial score (nSPS) is 48.8. The fraction of sp³-hybridized carbons (Fsp3) is 1.00. The molecule has 2 fully saturated rings. The van der Waals surface area contributed by atoms with Gasteiger partial charge in [0.15, 0.2) is 0 Å². The molecule has 0 aromatic heterocycles. The van der Waals surface area contributed by atoms with Gasteiger partial charge >= 0.3 is 0 Å². The lowest BCUT2D eigenvalue weighted by Crippen LogP contribution is -2.54. The van der Waals surface area contributed by atoms with Crippen molar-refractivity contribution in [3.05, 3.63) is 0 Å². The molecule has 0 aliphatic heterocycles. The summed E-state index contributed by atoms with van der Waals surface area (Å²) in [5, 5.41) is 10.6. The Balaban J connectivity index is 1.85. The molecule has 94 valence electrons. The molecule has 0 radical (unpaired) electrons. The summed E-state index contributed by atoms with van der Waals surface area (Å²) in [6.45, 7) is 7.48. The Morgan fingerprint density at radius 1 is 1.19 bits per heavy atom. The van der Waals surface area contributed by atoms with Crippen LogP contribution in [-0.2, 0) is 4.74 Å². The summed E-state index contributed by atoms with van der Waals surface area (Å²) in [6, 6.07) is 0. The average molecular weight is 226 g/mol. The van der Waals surface area contributed by atoms with Crippen LogP contribution in [0.4, 0.5) is 0 Å². The van der Waals surface area contributed by atoms with Gasteiger partial charge in [0.1, 0.15) is 0 Å². The molecule has 2 heteroatoms. The van der Waals surface area contributed by atoms with E-state index in [4.69, 9.17) is 4.74 Å². The predicted octanol–water partition coefficient (Wildman–Crippen LogP) is 2.99. The molecule has 0 heterocycles. The fourth-order valence-corrected chi connectivity index (χ4v) is 3.45. The van der Waals surface area contributed by atoms with Crippen LogP contribution in [-0.4, -0.2) is 23.4 Å². The Labute approximate surface area is 99.4 Å². The zero-order valence-electron chi connectivity index (χ0n) is 10.9. The van der Waals surface area contributed by atoms with Crippen LogP contribution in [0.5, 0.6) is 0 Å². The minimum atomic E-state index is -0.395. The van der Waals surface area contributed by atoms with Crippen LogP contribution in [0.3, 0.4) is 0 Å². The predicted molar refractivity (Wildman–Crippen MR) is 65.3 cm³/mol. The molecule has 1 N–H and O–H groups in total. The molecule has 3 unspecified atom stereocenters. The summed E-state index contributed by atoms with van der Waals surface area (Å²) in [7, 11) is 0. The third-order valence-electron chi connectivity index (χ3n) is 4.92. The second kappa shape index (κ2) is 4.66. The van der Waals surface area contributed by atoms with E-state index in [2.05, 4.69) is 13.8 Å². The van der Waals surface area contributed by atoms with Crippen molar-refractivity contribution < 1.29 is 9.84 Å². The van der Waals surface area contributed by atoms with Gasteiger partial charge < -0.3 is 9.84 Å². The lowest BCUT2D eigenvalue weighted by atomic mass is 9.61. The highest BCUT2D eigenvalue weighted by molar-refractivity contribution is 5.01. The molecule has 0 amide bonds. The van der Waals surface area contributed by atoms with Crippen LogP contribution in [0, 0.1) is 17.8 Å². The molecule has 16 heavy (non-hydrogen) atoms. The first-order chi connectivity index (χ1) is 7.55. The van der Waals surface area contributed by atoms with Gasteiger partial charge in [-0.25, -0.2) is 0 Å². The number of rotatable bonds is 3. The Hall–Kier alpha value is -0.0800. The van der Waals surface area contributed by atoms with Gasteiger partial charge in [0.25, 0.3) is 0 Å². The van der Waals surface area contributed by atoms with Crippen LogP contribution in [0.15, 0.2) is 0 Å². The van der Waals surface area contributed by atoms with E-state index in [1.54, 1.807) is 0 Å². The molecule has 2 nitrogen and oxygen atoms in total. The highest BCUT2D eigenvalue weighted by atomic mass is 16.5. The molecule has 0 saturated heterocycles. The number of hydrogen-bond donors (Lipinski definition) is 1. The van der Waals surface area contributed by atoms with E-state index in [1.807, 2.05) is 6.92 Å². The summed E-state index contributed by atoms with van der Waals surface area (Å²) in [4.78, 5) is 0. The highest BCUT2D eigenvalue weighted by Gasteiger charge is 2.49. The van der Waals surface area contributed by atoms with Crippen LogP contribution in [0.25, 0.3) is 0 Å². The van der Waals surface area contributed by atoms with Crippen molar-refractivity contribution in [2.75, 3.05) is 6.61 Å². The van der Waals surface area contributed by atoms with E-state index in [0.717, 1.165) is 31.3 Å². The van der Waals surface area contributed by atoms with E-state index < -0.39 is 5.60 Å². The van der Waals surface area contributed by atoms with Crippen LogP contribution in [0.1, 0.15) is 52.9 Å². The Morgan fingerprint density at radius 3 is 2.44 bits per heavy atom. The average Bonchev–Trinajstić information content (AvgIpc) is 2.20. The maximum atomic E-state index is 10.6. The molecule has 0 aromatic carbocycles. The minimum absolute atomic E-state index is 0.324. The quantitative estimate of drug-likeness (QED) is 0.801. The summed E-state index contributed by atoms with van der Waals surface area (Å²) < 4.78 is 5.55. The van der Waals surface area contributed by atoms with E-state index >= 15 is 0 Å². The van der Waals surface area contributed by atoms with Crippen molar-refractivity contribution >= 4 is 0 Å². The molecular formula is C14H26O2. The van der Waals surface area contributed by atoms with Gasteiger partial charge in [-0.05, 0) is 37.5 Å². The lowest BCUT2D eigenvalue weighted by molar-refractivity contribution is -0.176. The highest BCUT2D eigenvalue weighted by Crippen LogP contribution is 2.48. The number of aliphatic hydroxyl groups is 1. The maximum absolute atomic E-state index is 10.6. The smallest absolute Gasteiger partial charge is 0.0725 e. The third kappa shape index (κ3) is 2.28. The Morgan fingerprint density at radius 2 is 1.88 bits per heavy atom. The lowest BCUT2D eigenvalue weighted by Gasteiger charge is -2.51. The zero-order chi connectivity index (χ0) is 11.8. The summed E-state index contributed by atoms with van der Waals surface area (Å²) in [5.74, 6) is 2.13. The SMILES string of the molecule is CCOC1CC(O)(C2CCC(C)C(C)C2)C1. The summed E-state index contributed by atoms with van der Waals surface area (Å²) >= 11 is 0. The molecule has 0 spiro atoms. The Kier molecular flexibility index (Phi) is 3.60. The van der Waals surface area contributed by atoms with E-state index in [9.17, 15) is 5.11 Å². The molecule has 3 atom stereocenters. The second-order valence-electron chi connectivity index (χ2n) is 6.05. The molecule has 2 aliphatic carbocycles. The first-order valence-corrected chi connectivity index (χ1v) is 6.89. The first kappa shape index (κ1) is 12.4. The Bertz CT molecular complexity index is 233.